The molecule has 5 rings (SSSR count). The van der Waals surface area contributed by atoms with E-state index < -0.39 is 0 Å². The molecule has 33 heavy (non-hydrogen) atoms. The SMILES string of the molecule is Cc1ccc(Cc2cnc(NC(=O)c3ccc4c(c3)C[C@H](c3ccccc3)OC4=O)s2)cc1. The molecule has 1 aliphatic heterocycles. The fourth-order valence-electron chi connectivity index (χ4n) is 3.91. The Balaban J connectivity index is 1.30. The largest absolute Gasteiger partial charge is 0.454 e. The highest BCUT2D eigenvalue weighted by atomic mass is 32.1. The molecule has 1 amide bonds. The van der Waals surface area contributed by atoms with Gasteiger partial charge in [0.2, 0.25) is 0 Å². The summed E-state index contributed by atoms with van der Waals surface area (Å²) in [6, 6.07) is 23.1. The topological polar surface area (TPSA) is 68.3 Å². The van der Waals surface area contributed by atoms with Crippen LogP contribution in [-0.2, 0) is 17.6 Å². The van der Waals surface area contributed by atoms with Crippen LogP contribution in [0.25, 0.3) is 0 Å². The van der Waals surface area contributed by atoms with Crippen molar-refractivity contribution in [2.75, 3.05) is 5.32 Å². The number of anilines is 1. The minimum absolute atomic E-state index is 0.246. The van der Waals surface area contributed by atoms with Gasteiger partial charge in [0.25, 0.3) is 5.91 Å². The van der Waals surface area contributed by atoms with E-state index in [4.69, 9.17) is 4.74 Å². The zero-order chi connectivity index (χ0) is 22.8. The van der Waals surface area contributed by atoms with Crippen molar-refractivity contribution < 1.29 is 14.3 Å². The molecule has 0 saturated heterocycles. The van der Waals surface area contributed by atoms with Crippen LogP contribution in [0.15, 0.2) is 79.0 Å². The van der Waals surface area contributed by atoms with Crippen LogP contribution in [0.5, 0.6) is 0 Å². The lowest BCUT2D eigenvalue weighted by atomic mass is 9.93. The zero-order valence-electron chi connectivity index (χ0n) is 18.1. The normalized spacial score (nSPS) is 14.9. The first-order chi connectivity index (χ1) is 16.0. The number of nitrogens with zero attached hydrogens (tertiary/aromatic N) is 1. The molecule has 1 aliphatic rings. The Morgan fingerprint density at radius 1 is 1.09 bits per heavy atom. The second-order valence-electron chi connectivity index (χ2n) is 8.13. The van der Waals surface area contributed by atoms with Crippen LogP contribution in [-0.4, -0.2) is 16.9 Å². The molecule has 5 nitrogen and oxygen atoms in total. The van der Waals surface area contributed by atoms with Crippen molar-refractivity contribution in [2.24, 2.45) is 0 Å². The number of cyclic esters (lactones) is 1. The molecule has 0 unspecified atom stereocenters. The molecular weight excluding hydrogens is 432 g/mol. The molecule has 0 aliphatic carbocycles. The van der Waals surface area contributed by atoms with E-state index in [2.05, 4.69) is 41.5 Å². The summed E-state index contributed by atoms with van der Waals surface area (Å²) in [5.41, 5.74) is 5.18. The van der Waals surface area contributed by atoms with E-state index in [1.54, 1.807) is 24.4 Å². The Labute approximate surface area is 196 Å². The Kier molecular flexibility index (Phi) is 5.75. The monoisotopic (exact) mass is 454 g/mol. The van der Waals surface area contributed by atoms with Gasteiger partial charge in [-0.2, -0.15) is 0 Å². The second-order valence-corrected chi connectivity index (χ2v) is 9.24. The van der Waals surface area contributed by atoms with Gasteiger partial charge in [-0.3, -0.25) is 10.1 Å². The summed E-state index contributed by atoms with van der Waals surface area (Å²) < 4.78 is 5.61. The average molecular weight is 455 g/mol. The minimum Gasteiger partial charge on any atom is -0.454 e. The van der Waals surface area contributed by atoms with E-state index in [1.165, 1.54) is 22.5 Å². The maximum atomic E-state index is 12.9. The van der Waals surface area contributed by atoms with Gasteiger partial charge in [0.15, 0.2) is 5.13 Å². The average Bonchev–Trinajstić information content (AvgIpc) is 3.27. The number of carbonyl (C=O) groups is 2. The van der Waals surface area contributed by atoms with Gasteiger partial charge in [-0.1, -0.05) is 60.2 Å². The van der Waals surface area contributed by atoms with Crippen LogP contribution in [0.1, 0.15) is 54.0 Å². The van der Waals surface area contributed by atoms with Gasteiger partial charge in [-0.15, -0.1) is 11.3 Å². The van der Waals surface area contributed by atoms with Crippen molar-refractivity contribution in [1.29, 1.82) is 0 Å². The van der Waals surface area contributed by atoms with Crippen molar-refractivity contribution >= 4 is 28.3 Å². The number of fused-ring (bicyclic) bond motifs is 1. The van der Waals surface area contributed by atoms with E-state index >= 15 is 0 Å². The summed E-state index contributed by atoms with van der Waals surface area (Å²) in [4.78, 5) is 30.8. The van der Waals surface area contributed by atoms with Crippen LogP contribution in [0.2, 0.25) is 0 Å². The third kappa shape index (κ3) is 4.71. The van der Waals surface area contributed by atoms with E-state index in [-0.39, 0.29) is 18.0 Å². The summed E-state index contributed by atoms with van der Waals surface area (Å²) >= 11 is 1.46. The number of aromatic nitrogens is 1. The molecule has 0 spiro atoms. The van der Waals surface area contributed by atoms with Crippen LogP contribution < -0.4 is 5.32 Å². The molecule has 2 heterocycles. The molecule has 4 aromatic rings. The molecule has 0 bridgehead atoms. The number of carbonyl (C=O) groups excluding carboxylic acids is 2. The highest BCUT2D eigenvalue weighted by Gasteiger charge is 2.28. The van der Waals surface area contributed by atoms with E-state index in [9.17, 15) is 9.59 Å². The Morgan fingerprint density at radius 3 is 2.67 bits per heavy atom. The molecular formula is C27H22N2O3S. The first kappa shape index (κ1) is 21.1. The maximum Gasteiger partial charge on any atom is 0.339 e. The van der Waals surface area contributed by atoms with Gasteiger partial charge in [0, 0.05) is 29.5 Å². The molecule has 0 fully saturated rings. The van der Waals surface area contributed by atoms with Crippen molar-refractivity contribution in [1.82, 2.24) is 4.98 Å². The summed E-state index contributed by atoms with van der Waals surface area (Å²) in [5.74, 6) is -0.609. The van der Waals surface area contributed by atoms with Crippen molar-refractivity contribution in [3.63, 3.8) is 0 Å². The predicted octanol–water partition coefficient (Wildman–Crippen LogP) is 5.75. The van der Waals surface area contributed by atoms with Gasteiger partial charge < -0.3 is 4.74 Å². The number of aryl methyl sites for hydroxylation is 1. The summed E-state index contributed by atoms with van der Waals surface area (Å²) in [5, 5.41) is 3.44. The van der Waals surface area contributed by atoms with Gasteiger partial charge in [-0.05, 0) is 41.8 Å². The summed E-state index contributed by atoms with van der Waals surface area (Å²) in [7, 11) is 0. The number of ether oxygens (including phenoxy) is 1. The summed E-state index contributed by atoms with van der Waals surface area (Å²) in [6.07, 6.45) is 2.75. The number of thiazole rings is 1. The minimum atomic E-state index is -0.363. The number of benzene rings is 3. The summed E-state index contributed by atoms with van der Waals surface area (Å²) in [6.45, 7) is 2.07. The molecule has 1 atom stereocenters. The van der Waals surface area contributed by atoms with E-state index in [0.29, 0.717) is 22.7 Å². The Morgan fingerprint density at radius 2 is 1.88 bits per heavy atom. The molecule has 0 radical (unpaired) electrons. The molecule has 6 heteroatoms. The molecule has 1 aromatic heterocycles. The van der Waals surface area contributed by atoms with Crippen LogP contribution in [0.4, 0.5) is 5.13 Å². The Hall–Kier alpha value is -3.77. The molecule has 1 N–H and O–H groups in total. The van der Waals surface area contributed by atoms with Crippen LogP contribution in [0.3, 0.4) is 0 Å². The zero-order valence-corrected chi connectivity index (χ0v) is 18.9. The van der Waals surface area contributed by atoms with E-state index in [0.717, 1.165) is 22.4 Å². The van der Waals surface area contributed by atoms with Gasteiger partial charge >= 0.3 is 5.97 Å². The number of nitrogens with one attached hydrogen (secondary N) is 1. The lowest BCUT2D eigenvalue weighted by Crippen LogP contribution is -2.23. The second kappa shape index (κ2) is 9.00. The number of esters is 1. The first-order valence-corrected chi connectivity index (χ1v) is 11.6. The lowest BCUT2D eigenvalue weighted by molar-refractivity contribution is 0.0252. The molecule has 0 saturated carbocycles. The maximum absolute atomic E-state index is 12.9. The fraction of sp³-hybridized carbons (Fsp3) is 0.148. The van der Waals surface area contributed by atoms with Crippen LogP contribution in [0, 0.1) is 6.92 Å². The van der Waals surface area contributed by atoms with Crippen molar-refractivity contribution in [3.05, 3.63) is 117 Å². The van der Waals surface area contributed by atoms with E-state index in [1.807, 2.05) is 30.3 Å². The first-order valence-electron chi connectivity index (χ1n) is 10.8. The van der Waals surface area contributed by atoms with Crippen LogP contribution >= 0.6 is 11.3 Å². The number of hydrogen-bond donors (Lipinski definition) is 1. The quantitative estimate of drug-likeness (QED) is 0.390. The highest BCUT2D eigenvalue weighted by molar-refractivity contribution is 7.15. The highest BCUT2D eigenvalue weighted by Crippen LogP contribution is 2.31. The predicted molar refractivity (Wildman–Crippen MR) is 129 cm³/mol. The molecule has 164 valence electrons. The fourth-order valence-corrected chi connectivity index (χ4v) is 4.76. The molecule has 3 aromatic carbocycles. The number of rotatable bonds is 5. The number of hydrogen-bond acceptors (Lipinski definition) is 5. The third-order valence-corrected chi connectivity index (χ3v) is 6.60. The van der Waals surface area contributed by atoms with Crippen molar-refractivity contribution in [2.45, 2.75) is 25.9 Å². The van der Waals surface area contributed by atoms with Crippen molar-refractivity contribution in [3.8, 4) is 0 Å². The standard InChI is InChI=1S/C27H22N2O3S/c1-17-7-9-18(10-8-17)13-22-16-28-27(33-22)29-25(30)20-11-12-23-21(14-20)15-24(32-26(23)31)19-5-3-2-4-6-19/h2-12,14,16,24H,13,15H2,1H3,(H,28,29,30)/t24-/m1/s1. The third-order valence-electron chi connectivity index (χ3n) is 5.69. The Bertz CT molecular complexity index is 1310. The van der Waals surface area contributed by atoms with Gasteiger partial charge in [0.1, 0.15) is 6.10 Å². The van der Waals surface area contributed by atoms with Gasteiger partial charge in [0.05, 0.1) is 5.56 Å². The van der Waals surface area contributed by atoms with Gasteiger partial charge in [-0.25, -0.2) is 9.78 Å². The number of amides is 1. The smallest absolute Gasteiger partial charge is 0.339 e. The lowest BCUT2D eigenvalue weighted by Gasteiger charge is -2.25.